The summed E-state index contributed by atoms with van der Waals surface area (Å²) in [4.78, 5) is 25.7. The molecule has 0 spiro atoms. The number of rotatable bonds is 1. The van der Waals surface area contributed by atoms with Gasteiger partial charge in [-0.1, -0.05) is 6.08 Å². The summed E-state index contributed by atoms with van der Waals surface area (Å²) in [5.41, 5.74) is 0.503. The summed E-state index contributed by atoms with van der Waals surface area (Å²) < 4.78 is 1.46. The lowest BCUT2D eigenvalue weighted by Gasteiger charge is -2.27. The number of nitrogens with zero attached hydrogens (tertiary/aromatic N) is 1. The molecule has 4 atom stereocenters. The average molecular weight is 278 g/mol. The Labute approximate surface area is 115 Å². The second kappa shape index (κ2) is 4.71. The van der Waals surface area contributed by atoms with E-state index in [1.54, 1.807) is 6.92 Å². The Morgan fingerprint density at radius 2 is 2.05 bits per heavy atom. The summed E-state index contributed by atoms with van der Waals surface area (Å²) in [6, 6.07) is -0.284. The van der Waals surface area contributed by atoms with Crippen LogP contribution in [-0.4, -0.2) is 32.0 Å². The maximum Gasteiger partial charge on any atom is 0.328 e. The highest BCUT2D eigenvalue weighted by Crippen LogP contribution is 2.44. The van der Waals surface area contributed by atoms with Crippen molar-refractivity contribution in [2.24, 2.45) is 5.92 Å². The molecule has 0 bridgehead atoms. The van der Waals surface area contributed by atoms with Crippen molar-refractivity contribution in [2.45, 2.75) is 44.4 Å². The fraction of sp³-hybridized carbons (Fsp3) is 0.571. The molecule has 108 valence electrons. The molecule has 1 fully saturated rings. The highest BCUT2D eigenvalue weighted by atomic mass is 16.3. The predicted octanol–water partition coefficient (Wildman–Crippen LogP) is -0.152. The van der Waals surface area contributed by atoms with Gasteiger partial charge in [-0.3, -0.25) is 14.3 Å². The van der Waals surface area contributed by atoms with Gasteiger partial charge in [0, 0.05) is 17.7 Å². The number of aliphatic hydroxyl groups is 2. The molecule has 1 aromatic rings. The molecule has 1 aromatic heterocycles. The van der Waals surface area contributed by atoms with Gasteiger partial charge >= 0.3 is 5.69 Å². The summed E-state index contributed by atoms with van der Waals surface area (Å²) >= 11 is 0. The number of fused-ring (bicyclic) bond motifs is 1. The van der Waals surface area contributed by atoms with Crippen LogP contribution in [0.1, 0.15) is 30.9 Å². The van der Waals surface area contributed by atoms with Crippen LogP contribution >= 0.6 is 0 Å². The Bertz CT molecular complexity index is 672. The fourth-order valence-electron chi connectivity index (χ4n) is 3.40. The minimum atomic E-state index is -0.652. The minimum Gasteiger partial charge on any atom is -0.392 e. The molecule has 2 aliphatic rings. The van der Waals surface area contributed by atoms with E-state index >= 15 is 0 Å². The first kappa shape index (κ1) is 13.3. The summed E-state index contributed by atoms with van der Waals surface area (Å²) in [6.45, 7) is 1.64. The smallest absolute Gasteiger partial charge is 0.328 e. The van der Waals surface area contributed by atoms with Gasteiger partial charge in [0.1, 0.15) is 0 Å². The number of H-pyrrole nitrogens is 1. The first-order valence-electron chi connectivity index (χ1n) is 6.87. The first-order valence-corrected chi connectivity index (χ1v) is 6.87. The zero-order chi connectivity index (χ0) is 14.4. The number of hydrogen-bond donors (Lipinski definition) is 3. The van der Waals surface area contributed by atoms with E-state index in [1.807, 2.05) is 6.08 Å². The largest absolute Gasteiger partial charge is 0.392 e. The van der Waals surface area contributed by atoms with Gasteiger partial charge in [0.15, 0.2) is 0 Å². The lowest BCUT2D eigenvalue weighted by molar-refractivity contribution is 0.0373. The molecule has 0 amide bonds. The molecule has 2 aliphatic carbocycles. The molecule has 0 radical (unpaired) electrons. The molecule has 20 heavy (non-hydrogen) atoms. The standard InChI is InChI=1S/C14H18N2O4/c1-7-6-16(14(20)15-13(7)19)9-5-11(18)12-8(9)3-2-4-10(12)17/h3,6,9-12,17-18H,2,4-5H2,1H3,(H,15,19,20)/t9-,10+,11-,12+/m0/s1. The summed E-state index contributed by atoms with van der Waals surface area (Å²) in [5.74, 6) is -0.298. The van der Waals surface area contributed by atoms with Gasteiger partial charge < -0.3 is 10.2 Å². The number of aromatic nitrogens is 2. The predicted molar refractivity (Wildman–Crippen MR) is 72.5 cm³/mol. The van der Waals surface area contributed by atoms with Crippen LogP contribution in [0.25, 0.3) is 0 Å². The highest BCUT2D eigenvalue weighted by Gasteiger charge is 2.44. The van der Waals surface area contributed by atoms with Crippen LogP contribution in [0.15, 0.2) is 27.4 Å². The van der Waals surface area contributed by atoms with E-state index in [0.29, 0.717) is 18.4 Å². The monoisotopic (exact) mass is 278 g/mol. The van der Waals surface area contributed by atoms with Crippen LogP contribution in [0.2, 0.25) is 0 Å². The summed E-state index contributed by atoms with van der Waals surface area (Å²) in [7, 11) is 0. The number of aryl methyl sites for hydroxylation is 1. The lowest BCUT2D eigenvalue weighted by atomic mass is 9.85. The van der Waals surface area contributed by atoms with Gasteiger partial charge in [-0.2, -0.15) is 0 Å². The minimum absolute atomic E-state index is 0.284. The van der Waals surface area contributed by atoms with Crippen molar-refractivity contribution >= 4 is 0 Å². The molecule has 6 nitrogen and oxygen atoms in total. The maximum absolute atomic E-state index is 12.0. The van der Waals surface area contributed by atoms with Crippen LogP contribution in [0.3, 0.4) is 0 Å². The van der Waals surface area contributed by atoms with E-state index < -0.39 is 17.9 Å². The van der Waals surface area contributed by atoms with E-state index in [9.17, 15) is 19.8 Å². The van der Waals surface area contributed by atoms with Crippen molar-refractivity contribution in [3.63, 3.8) is 0 Å². The Hall–Kier alpha value is -1.66. The van der Waals surface area contributed by atoms with Crippen molar-refractivity contribution < 1.29 is 10.2 Å². The van der Waals surface area contributed by atoms with Crippen LogP contribution < -0.4 is 11.2 Å². The fourth-order valence-corrected chi connectivity index (χ4v) is 3.40. The second-order valence-corrected chi connectivity index (χ2v) is 5.67. The summed E-state index contributed by atoms with van der Waals surface area (Å²) in [5, 5.41) is 20.2. The molecule has 0 aliphatic heterocycles. The molecule has 0 aromatic carbocycles. The highest BCUT2D eigenvalue weighted by molar-refractivity contribution is 5.25. The van der Waals surface area contributed by atoms with Crippen LogP contribution in [0.5, 0.6) is 0 Å². The van der Waals surface area contributed by atoms with Gasteiger partial charge in [-0.05, 0) is 31.8 Å². The Kier molecular flexibility index (Phi) is 3.14. The molecular formula is C14H18N2O4. The van der Waals surface area contributed by atoms with E-state index in [-0.39, 0.29) is 17.5 Å². The molecule has 0 saturated heterocycles. The van der Waals surface area contributed by atoms with E-state index in [4.69, 9.17) is 0 Å². The molecule has 0 unspecified atom stereocenters. The second-order valence-electron chi connectivity index (χ2n) is 5.67. The number of aromatic amines is 1. The third kappa shape index (κ3) is 1.96. The Balaban J connectivity index is 2.08. The van der Waals surface area contributed by atoms with Crippen LogP contribution in [0, 0.1) is 12.8 Å². The van der Waals surface area contributed by atoms with Gasteiger partial charge in [0.05, 0.1) is 18.2 Å². The normalized spacial score (nSPS) is 32.9. The number of allylic oxidation sites excluding steroid dienone is 1. The molecule has 3 rings (SSSR count). The zero-order valence-electron chi connectivity index (χ0n) is 11.2. The summed E-state index contributed by atoms with van der Waals surface area (Å²) in [6.07, 6.45) is 4.09. The van der Waals surface area contributed by atoms with Crippen molar-refractivity contribution in [2.75, 3.05) is 0 Å². The average Bonchev–Trinajstić information content (AvgIpc) is 2.73. The quantitative estimate of drug-likeness (QED) is 0.622. The van der Waals surface area contributed by atoms with Gasteiger partial charge in [0.2, 0.25) is 0 Å². The lowest BCUT2D eigenvalue weighted by Crippen LogP contribution is -2.34. The molecular weight excluding hydrogens is 260 g/mol. The van der Waals surface area contributed by atoms with Gasteiger partial charge in [-0.15, -0.1) is 0 Å². The van der Waals surface area contributed by atoms with Crippen molar-refractivity contribution in [3.8, 4) is 0 Å². The molecule has 3 N–H and O–H groups in total. The SMILES string of the molecule is Cc1cn([C@H]2C[C@H](O)[C@@H]3C2=CCC[C@H]3O)c(=O)[nH]c1=O. The van der Waals surface area contributed by atoms with Gasteiger partial charge in [0.25, 0.3) is 5.56 Å². The number of aliphatic hydroxyl groups excluding tert-OH is 2. The third-order valence-corrected chi connectivity index (χ3v) is 4.39. The first-order chi connectivity index (χ1) is 9.49. The Morgan fingerprint density at radius 1 is 1.30 bits per heavy atom. The topological polar surface area (TPSA) is 95.3 Å². The number of nitrogens with one attached hydrogen (secondary N) is 1. The third-order valence-electron chi connectivity index (χ3n) is 4.39. The number of hydrogen-bond acceptors (Lipinski definition) is 4. The van der Waals surface area contributed by atoms with E-state index in [2.05, 4.69) is 4.98 Å². The maximum atomic E-state index is 12.0. The van der Waals surface area contributed by atoms with Crippen molar-refractivity contribution in [3.05, 3.63) is 44.2 Å². The Morgan fingerprint density at radius 3 is 2.80 bits per heavy atom. The van der Waals surface area contributed by atoms with Crippen molar-refractivity contribution in [1.82, 2.24) is 9.55 Å². The molecule has 6 heteroatoms. The molecule has 1 heterocycles. The zero-order valence-corrected chi connectivity index (χ0v) is 11.2. The van der Waals surface area contributed by atoms with E-state index in [0.717, 1.165) is 12.0 Å². The van der Waals surface area contributed by atoms with Crippen molar-refractivity contribution in [1.29, 1.82) is 0 Å². The van der Waals surface area contributed by atoms with Gasteiger partial charge in [-0.25, -0.2) is 4.79 Å². The molecule has 1 saturated carbocycles. The van der Waals surface area contributed by atoms with Crippen LogP contribution in [-0.2, 0) is 0 Å². The van der Waals surface area contributed by atoms with Crippen LogP contribution in [0.4, 0.5) is 0 Å². The van der Waals surface area contributed by atoms with E-state index in [1.165, 1.54) is 10.8 Å².